The lowest BCUT2D eigenvalue weighted by atomic mass is 9.94. The predicted molar refractivity (Wildman–Crippen MR) is 126 cm³/mol. The third-order valence-electron chi connectivity index (χ3n) is 6.14. The minimum atomic E-state index is -3.64. The summed E-state index contributed by atoms with van der Waals surface area (Å²) in [5.74, 6) is 0.957. The number of imidazole rings is 1. The predicted octanol–water partition coefficient (Wildman–Crippen LogP) is 4.08. The van der Waals surface area contributed by atoms with Crippen molar-refractivity contribution in [3.8, 4) is 0 Å². The molecular weight excluding hydrogens is 448 g/mol. The number of nitrogens with one attached hydrogen (secondary N) is 1. The first-order valence-electron chi connectivity index (χ1n) is 11.1. The molecule has 1 aromatic carbocycles. The van der Waals surface area contributed by atoms with Crippen molar-refractivity contribution in [3.63, 3.8) is 0 Å². The first-order valence-corrected chi connectivity index (χ1v) is 13.0. The summed E-state index contributed by atoms with van der Waals surface area (Å²) in [6.07, 6.45) is 4.36. The Labute approximate surface area is 196 Å². The van der Waals surface area contributed by atoms with E-state index >= 15 is 0 Å². The summed E-state index contributed by atoms with van der Waals surface area (Å²) in [5.41, 5.74) is 1.04. The van der Waals surface area contributed by atoms with Crippen LogP contribution >= 0.6 is 11.6 Å². The van der Waals surface area contributed by atoms with Gasteiger partial charge in [-0.05, 0) is 56.2 Å². The second-order valence-corrected chi connectivity index (χ2v) is 11.3. The molecule has 1 aliphatic heterocycles. The molecule has 1 saturated heterocycles. The first-order chi connectivity index (χ1) is 15.1. The summed E-state index contributed by atoms with van der Waals surface area (Å²) in [6, 6.07) is 7.51. The fraction of sp³-hybridized carbons (Fsp3) is 0.565. The smallest absolute Gasteiger partial charge is 0.262 e. The van der Waals surface area contributed by atoms with E-state index in [2.05, 4.69) is 24.1 Å². The number of nitrogens with zero attached hydrogens (tertiary/aromatic N) is 3. The van der Waals surface area contributed by atoms with E-state index in [4.69, 9.17) is 11.6 Å². The zero-order chi connectivity index (χ0) is 23.5. The number of rotatable bonds is 8. The summed E-state index contributed by atoms with van der Waals surface area (Å²) in [5, 5.41) is 3.94. The Morgan fingerprint density at radius 1 is 1.19 bits per heavy atom. The fourth-order valence-corrected chi connectivity index (χ4v) is 5.57. The van der Waals surface area contributed by atoms with Gasteiger partial charge in [0.2, 0.25) is 5.91 Å². The Morgan fingerprint density at radius 2 is 1.81 bits per heavy atom. The highest BCUT2D eigenvalue weighted by Crippen LogP contribution is 2.27. The number of piperidine rings is 1. The molecule has 0 spiro atoms. The molecule has 0 bridgehead atoms. The maximum atomic E-state index is 13.0. The molecule has 7 nitrogen and oxygen atoms in total. The molecular formula is C23H33ClN4O3S. The number of sulfonamides is 1. The van der Waals surface area contributed by atoms with Crippen molar-refractivity contribution in [2.45, 2.75) is 57.5 Å². The van der Waals surface area contributed by atoms with Gasteiger partial charge in [0.25, 0.3) is 10.0 Å². The highest BCUT2D eigenvalue weighted by atomic mass is 35.5. The number of carbonyl (C=O) groups is 1. The van der Waals surface area contributed by atoms with Gasteiger partial charge in [0.1, 0.15) is 5.82 Å². The number of amides is 1. The van der Waals surface area contributed by atoms with E-state index < -0.39 is 10.0 Å². The average molecular weight is 481 g/mol. The Kier molecular flexibility index (Phi) is 8.01. The van der Waals surface area contributed by atoms with Crippen molar-refractivity contribution in [1.82, 2.24) is 19.2 Å². The van der Waals surface area contributed by atoms with E-state index in [9.17, 15) is 13.2 Å². The van der Waals surface area contributed by atoms with Crippen LogP contribution in [0.3, 0.4) is 0 Å². The normalized spacial score (nSPS) is 16.9. The monoisotopic (exact) mass is 480 g/mol. The topological polar surface area (TPSA) is 84.3 Å². The lowest BCUT2D eigenvalue weighted by Gasteiger charge is -2.31. The van der Waals surface area contributed by atoms with E-state index in [1.807, 2.05) is 24.3 Å². The molecule has 1 N–H and O–H groups in total. The molecule has 2 aromatic rings. The number of aryl methyl sites for hydroxylation is 2. The number of aromatic nitrogens is 2. The number of hydrogen-bond acceptors (Lipinski definition) is 4. The van der Waals surface area contributed by atoms with E-state index in [1.54, 1.807) is 18.5 Å². The highest BCUT2D eigenvalue weighted by molar-refractivity contribution is 7.89. The van der Waals surface area contributed by atoms with Gasteiger partial charge in [-0.15, -0.1) is 0 Å². The lowest BCUT2D eigenvalue weighted by molar-refractivity contribution is -0.127. The molecule has 9 heteroatoms. The molecule has 0 aliphatic carbocycles. The second-order valence-electron chi connectivity index (χ2n) is 9.00. The third-order valence-corrected chi connectivity index (χ3v) is 8.16. The zero-order valence-corrected chi connectivity index (χ0v) is 20.8. The van der Waals surface area contributed by atoms with Crippen molar-refractivity contribution in [2.75, 3.05) is 13.1 Å². The quantitative estimate of drug-likeness (QED) is 0.617. The van der Waals surface area contributed by atoms with Crippen molar-refractivity contribution in [2.24, 2.45) is 18.9 Å². The van der Waals surface area contributed by atoms with Crippen LogP contribution in [0.2, 0.25) is 5.02 Å². The minimum Gasteiger partial charge on any atom is -0.349 e. The number of halogens is 1. The molecule has 0 radical (unpaired) electrons. The van der Waals surface area contributed by atoms with Gasteiger partial charge < -0.3 is 9.88 Å². The summed E-state index contributed by atoms with van der Waals surface area (Å²) < 4.78 is 28.9. The number of benzene rings is 1. The van der Waals surface area contributed by atoms with E-state index in [1.165, 1.54) is 10.5 Å². The van der Waals surface area contributed by atoms with Gasteiger partial charge in [-0.1, -0.05) is 37.6 Å². The molecule has 0 saturated carbocycles. The van der Waals surface area contributed by atoms with Crippen LogP contribution in [-0.4, -0.2) is 41.3 Å². The molecule has 1 aromatic heterocycles. The van der Waals surface area contributed by atoms with Crippen LogP contribution in [0.1, 0.15) is 57.0 Å². The van der Waals surface area contributed by atoms with Gasteiger partial charge in [-0.25, -0.2) is 13.4 Å². The number of hydrogen-bond donors (Lipinski definition) is 1. The van der Waals surface area contributed by atoms with Crippen molar-refractivity contribution >= 4 is 27.5 Å². The summed E-state index contributed by atoms with van der Waals surface area (Å²) in [6.45, 7) is 6.73. The van der Waals surface area contributed by atoms with Crippen LogP contribution < -0.4 is 5.32 Å². The van der Waals surface area contributed by atoms with Crippen LogP contribution in [-0.2, 0) is 21.9 Å². The first kappa shape index (κ1) is 24.7. The standard InChI is InChI=1S/C23H33ClN4O3S/c1-16(2)5-10-21(18-6-8-20(24)9-7-18)26-23(29)19-11-13-28(14-12-19)32(30,31)22-15-27(4)17(3)25-22/h6-9,15-16,19,21H,5,10-14H2,1-4H3,(H,26,29). The summed E-state index contributed by atoms with van der Waals surface area (Å²) in [7, 11) is -1.87. The van der Waals surface area contributed by atoms with E-state index in [0.29, 0.717) is 42.7 Å². The zero-order valence-electron chi connectivity index (χ0n) is 19.2. The van der Waals surface area contributed by atoms with Crippen molar-refractivity contribution < 1.29 is 13.2 Å². The van der Waals surface area contributed by atoms with Gasteiger partial charge in [-0.2, -0.15) is 4.31 Å². The maximum Gasteiger partial charge on any atom is 0.262 e. The largest absolute Gasteiger partial charge is 0.349 e. The molecule has 1 fully saturated rings. The molecule has 2 heterocycles. The van der Waals surface area contributed by atoms with Gasteiger partial charge >= 0.3 is 0 Å². The van der Waals surface area contributed by atoms with Crippen LogP contribution in [0.15, 0.2) is 35.5 Å². The van der Waals surface area contributed by atoms with Crippen LogP contribution in [0.5, 0.6) is 0 Å². The van der Waals surface area contributed by atoms with Gasteiger partial charge in [0.15, 0.2) is 5.03 Å². The average Bonchev–Trinajstić information content (AvgIpc) is 3.11. The maximum absolute atomic E-state index is 13.0. The highest BCUT2D eigenvalue weighted by Gasteiger charge is 2.34. The van der Waals surface area contributed by atoms with Crippen LogP contribution in [0.4, 0.5) is 0 Å². The van der Waals surface area contributed by atoms with Crippen molar-refractivity contribution in [1.29, 1.82) is 0 Å². The van der Waals surface area contributed by atoms with E-state index in [0.717, 1.165) is 18.4 Å². The Hall–Kier alpha value is -1.90. The Bertz CT molecular complexity index is 1010. The van der Waals surface area contributed by atoms with Crippen molar-refractivity contribution in [3.05, 3.63) is 46.9 Å². The van der Waals surface area contributed by atoms with Crippen LogP contribution in [0, 0.1) is 18.8 Å². The number of carbonyl (C=O) groups excluding carboxylic acids is 1. The summed E-state index contributed by atoms with van der Waals surface area (Å²) >= 11 is 6.03. The lowest BCUT2D eigenvalue weighted by Crippen LogP contribution is -2.43. The molecule has 1 atom stereocenters. The van der Waals surface area contributed by atoms with Gasteiger partial charge in [-0.3, -0.25) is 4.79 Å². The SMILES string of the molecule is Cc1nc(S(=O)(=O)N2CCC(C(=O)NC(CCC(C)C)c3ccc(Cl)cc3)CC2)cn1C. The Balaban J connectivity index is 1.63. The second kappa shape index (κ2) is 10.4. The molecule has 3 rings (SSSR count). The minimum absolute atomic E-state index is 0.0144. The Morgan fingerprint density at radius 3 is 2.34 bits per heavy atom. The molecule has 1 aliphatic rings. The van der Waals surface area contributed by atoms with Gasteiger partial charge in [0.05, 0.1) is 6.04 Å². The summed E-state index contributed by atoms with van der Waals surface area (Å²) in [4.78, 5) is 17.2. The third kappa shape index (κ3) is 5.91. The fourth-order valence-electron chi connectivity index (χ4n) is 3.95. The molecule has 1 amide bonds. The van der Waals surface area contributed by atoms with Crippen LogP contribution in [0.25, 0.3) is 0 Å². The molecule has 1 unspecified atom stereocenters. The molecule has 32 heavy (non-hydrogen) atoms. The van der Waals surface area contributed by atoms with E-state index in [-0.39, 0.29) is 22.9 Å². The molecule has 176 valence electrons. The van der Waals surface area contributed by atoms with Gasteiger partial charge in [0, 0.05) is 37.3 Å².